The van der Waals surface area contributed by atoms with Crippen LogP contribution >= 0.6 is 0 Å². The lowest BCUT2D eigenvalue weighted by atomic mass is 10.0. The molecule has 0 saturated carbocycles. The molecule has 1 N–H and O–H groups in total. The van der Waals surface area contributed by atoms with Crippen molar-refractivity contribution in [1.29, 1.82) is 0 Å². The SMILES string of the molecule is C[C@@H](Oc1ccccc1)c1n[nH]c2c1CN(Cc1cccc3nonc13)CC2. The highest BCUT2D eigenvalue weighted by Gasteiger charge is 2.26. The van der Waals surface area contributed by atoms with Gasteiger partial charge in [-0.1, -0.05) is 30.3 Å². The van der Waals surface area contributed by atoms with Gasteiger partial charge < -0.3 is 4.74 Å². The number of hydrogen-bond acceptors (Lipinski definition) is 6. The number of benzene rings is 2. The van der Waals surface area contributed by atoms with Gasteiger partial charge >= 0.3 is 0 Å². The normalized spacial score (nSPS) is 15.5. The number of nitrogens with zero attached hydrogens (tertiary/aromatic N) is 4. The minimum Gasteiger partial charge on any atom is -0.484 e. The summed E-state index contributed by atoms with van der Waals surface area (Å²) in [5, 5.41) is 15.8. The summed E-state index contributed by atoms with van der Waals surface area (Å²) in [4.78, 5) is 2.40. The van der Waals surface area contributed by atoms with E-state index in [0.717, 1.165) is 54.1 Å². The zero-order chi connectivity index (χ0) is 18.9. The second-order valence-corrected chi connectivity index (χ2v) is 7.15. The molecule has 0 radical (unpaired) electrons. The lowest BCUT2D eigenvalue weighted by molar-refractivity contribution is 0.211. The van der Waals surface area contributed by atoms with Crippen LogP contribution in [-0.4, -0.2) is 32.0 Å². The Hall–Kier alpha value is -3.19. The van der Waals surface area contributed by atoms with Crippen LogP contribution in [0.5, 0.6) is 5.75 Å². The van der Waals surface area contributed by atoms with Crippen LogP contribution in [0.3, 0.4) is 0 Å². The number of H-pyrrole nitrogens is 1. The number of ether oxygens (including phenoxy) is 1. The van der Waals surface area contributed by atoms with Crippen molar-refractivity contribution in [2.75, 3.05) is 6.54 Å². The molecule has 7 nitrogen and oxygen atoms in total. The topological polar surface area (TPSA) is 80.1 Å². The molecule has 1 aliphatic heterocycles. The fraction of sp³-hybridized carbons (Fsp3) is 0.286. The van der Waals surface area contributed by atoms with Gasteiger partial charge in [-0.05, 0) is 41.0 Å². The highest BCUT2D eigenvalue weighted by Crippen LogP contribution is 2.29. The molecule has 0 bridgehead atoms. The zero-order valence-corrected chi connectivity index (χ0v) is 15.6. The van der Waals surface area contributed by atoms with Crippen molar-refractivity contribution in [3.05, 3.63) is 71.0 Å². The van der Waals surface area contributed by atoms with Gasteiger partial charge in [-0.25, -0.2) is 4.63 Å². The van der Waals surface area contributed by atoms with Crippen LogP contribution in [0.1, 0.15) is 35.5 Å². The molecule has 2 aromatic heterocycles. The Labute approximate surface area is 162 Å². The van der Waals surface area contributed by atoms with E-state index in [4.69, 9.17) is 9.37 Å². The summed E-state index contributed by atoms with van der Waals surface area (Å²) >= 11 is 0. The largest absolute Gasteiger partial charge is 0.484 e. The van der Waals surface area contributed by atoms with E-state index >= 15 is 0 Å². The third-order valence-electron chi connectivity index (χ3n) is 5.25. The van der Waals surface area contributed by atoms with Crippen molar-refractivity contribution in [2.45, 2.75) is 32.5 Å². The van der Waals surface area contributed by atoms with Crippen LogP contribution in [0.25, 0.3) is 11.0 Å². The maximum atomic E-state index is 6.09. The summed E-state index contributed by atoms with van der Waals surface area (Å²) in [5.41, 5.74) is 6.17. The first kappa shape index (κ1) is 16.9. The van der Waals surface area contributed by atoms with Crippen LogP contribution < -0.4 is 4.74 Å². The number of rotatable bonds is 5. The van der Waals surface area contributed by atoms with Crippen molar-refractivity contribution in [3.8, 4) is 5.75 Å². The van der Waals surface area contributed by atoms with Gasteiger partial charge in [0.1, 0.15) is 28.6 Å². The number of para-hydroxylation sites is 1. The van der Waals surface area contributed by atoms with Crippen molar-refractivity contribution in [1.82, 2.24) is 25.4 Å². The Morgan fingerprint density at radius 2 is 2.04 bits per heavy atom. The fourth-order valence-electron chi connectivity index (χ4n) is 3.83. The smallest absolute Gasteiger partial charge is 0.140 e. The molecule has 142 valence electrons. The summed E-state index contributed by atoms with van der Waals surface area (Å²) < 4.78 is 11.0. The molecule has 0 amide bonds. The fourth-order valence-corrected chi connectivity index (χ4v) is 3.83. The number of nitrogens with one attached hydrogen (secondary N) is 1. The molecule has 4 aromatic rings. The van der Waals surface area contributed by atoms with Gasteiger partial charge in [0, 0.05) is 37.3 Å². The van der Waals surface area contributed by atoms with Crippen LogP contribution in [0, 0.1) is 0 Å². The third-order valence-corrected chi connectivity index (χ3v) is 5.25. The zero-order valence-electron chi connectivity index (χ0n) is 15.6. The predicted molar refractivity (Wildman–Crippen MR) is 104 cm³/mol. The molecule has 0 spiro atoms. The minimum atomic E-state index is -0.120. The minimum absolute atomic E-state index is 0.120. The molecule has 7 heteroatoms. The summed E-state index contributed by atoms with van der Waals surface area (Å²) in [7, 11) is 0. The molecule has 3 heterocycles. The molecule has 0 unspecified atom stereocenters. The van der Waals surface area contributed by atoms with Crippen molar-refractivity contribution >= 4 is 11.0 Å². The quantitative estimate of drug-likeness (QED) is 0.574. The Morgan fingerprint density at radius 1 is 1.14 bits per heavy atom. The molecule has 28 heavy (non-hydrogen) atoms. The van der Waals surface area contributed by atoms with E-state index in [9.17, 15) is 0 Å². The lowest BCUT2D eigenvalue weighted by Crippen LogP contribution is -2.30. The highest BCUT2D eigenvalue weighted by molar-refractivity contribution is 5.76. The van der Waals surface area contributed by atoms with E-state index < -0.39 is 0 Å². The Bertz CT molecular complexity index is 1090. The van der Waals surface area contributed by atoms with Crippen molar-refractivity contribution in [3.63, 3.8) is 0 Å². The average molecular weight is 375 g/mol. The summed E-state index contributed by atoms with van der Waals surface area (Å²) in [6, 6.07) is 15.9. The summed E-state index contributed by atoms with van der Waals surface area (Å²) in [6.07, 6.45) is 0.818. The number of hydrogen-bond donors (Lipinski definition) is 1. The molecular weight excluding hydrogens is 354 g/mol. The predicted octanol–water partition coefficient (Wildman–Crippen LogP) is 3.64. The number of fused-ring (bicyclic) bond motifs is 2. The van der Waals surface area contributed by atoms with E-state index in [0.29, 0.717) is 0 Å². The maximum Gasteiger partial charge on any atom is 0.140 e. The standard InChI is InChI=1S/C21H21N5O2/c1-14(27-16-7-3-2-4-8-16)20-17-13-26(11-10-18(17)22-23-20)12-15-6-5-9-19-21(15)25-28-24-19/h2-9,14H,10-13H2,1H3,(H,22,23)/t14-/m1/s1. The Balaban J connectivity index is 1.35. The van der Waals surface area contributed by atoms with E-state index in [2.05, 4.69) is 31.5 Å². The average Bonchev–Trinajstić information content (AvgIpc) is 3.36. The molecule has 0 aliphatic carbocycles. The van der Waals surface area contributed by atoms with Gasteiger partial charge in [0.2, 0.25) is 0 Å². The van der Waals surface area contributed by atoms with Gasteiger partial charge in [0.05, 0.1) is 0 Å². The van der Waals surface area contributed by atoms with Crippen LogP contribution in [0.2, 0.25) is 0 Å². The highest BCUT2D eigenvalue weighted by atomic mass is 16.6. The van der Waals surface area contributed by atoms with Crippen molar-refractivity contribution < 1.29 is 9.37 Å². The maximum absolute atomic E-state index is 6.09. The Kier molecular flexibility index (Phi) is 4.29. The van der Waals surface area contributed by atoms with Crippen molar-refractivity contribution in [2.24, 2.45) is 0 Å². The summed E-state index contributed by atoms with van der Waals surface area (Å²) in [5.74, 6) is 0.852. The second-order valence-electron chi connectivity index (χ2n) is 7.15. The molecular formula is C21H21N5O2. The van der Waals surface area contributed by atoms with Gasteiger partial charge in [-0.15, -0.1) is 0 Å². The van der Waals surface area contributed by atoms with E-state index in [1.54, 1.807) is 0 Å². The first-order chi connectivity index (χ1) is 13.8. The molecule has 0 fully saturated rings. The van der Waals surface area contributed by atoms with Crippen LogP contribution in [0.15, 0.2) is 53.2 Å². The second kappa shape index (κ2) is 7.09. The molecule has 1 atom stereocenters. The first-order valence-electron chi connectivity index (χ1n) is 9.48. The van der Waals surface area contributed by atoms with Crippen LogP contribution in [0.4, 0.5) is 0 Å². The van der Waals surface area contributed by atoms with E-state index in [1.165, 1.54) is 11.3 Å². The molecule has 5 rings (SSSR count). The van der Waals surface area contributed by atoms with Gasteiger partial charge in [-0.2, -0.15) is 5.10 Å². The van der Waals surface area contributed by atoms with E-state index in [-0.39, 0.29) is 6.10 Å². The lowest BCUT2D eigenvalue weighted by Gasteiger charge is -2.27. The summed E-state index contributed by atoms with van der Waals surface area (Å²) in [6.45, 7) is 4.63. The van der Waals surface area contributed by atoms with E-state index in [1.807, 2.05) is 49.4 Å². The molecule has 1 aliphatic rings. The third kappa shape index (κ3) is 3.14. The van der Waals surface area contributed by atoms with Gasteiger partial charge in [-0.3, -0.25) is 10.00 Å². The Morgan fingerprint density at radius 3 is 2.93 bits per heavy atom. The molecule has 0 saturated heterocycles. The van der Waals surface area contributed by atoms with Crippen LogP contribution in [-0.2, 0) is 19.5 Å². The first-order valence-corrected chi connectivity index (χ1v) is 9.48. The monoisotopic (exact) mass is 375 g/mol. The van der Waals surface area contributed by atoms with Gasteiger partial charge in [0.15, 0.2) is 0 Å². The molecule has 2 aromatic carbocycles. The number of aromatic nitrogens is 4. The van der Waals surface area contributed by atoms with Gasteiger partial charge in [0.25, 0.3) is 0 Å². The number of aromatic amines is 1.